The second-order valence-corrected chi connectivity index (χ2v) is 6.97. The lowest BCUT2D eigenvalue weighted by Gasteiger charge is -2.16. The van der Waals surface area contributed by atoms with E-state index in [9.17, 15) is 19.2 Å². The van der Waals surface area contributed by atoms with Gasteiger partial charge in [0.25, 0.3) is 5.91 Å². The highest BCUT2D eigenvalue weighted by Crippen LogP contribution is 2.15. The van der Waals surface area contributed by atoms with Crippen molar-refractivity contribution in [1.29, 1.82) is 0 Å². The quantitative estimate of drug-likeness (QED) is 0.714. The average molecular weight is 409 g/mol. The van der Waals surface area contributed by atoms with Crippen molar-refractivity contribution in [3.8, 4) is 0 Å². The zero-order valence-corrected chi connectivity index (χ0v) is 16.6. The summed E-state index contributed by atoms with van der Waals surface area (Å²) in [5.74, 6) is -1.28. The SMILES string of the molecule is CC(OC(=O)c1ccc(CN2CCCC2=O)cc1)C(=O)NC(=O)Nc1ccccc1. The summed E-state index contributed by atoms with van der Waals surface area (Å²) in [6.07, 6.45) is 0.293. The molecule has 156 valence electrons. The molecule has 1 heterocycles. The lowest BCUT2D eigenvalue weighted by atomic mass is 10.1. The van der Waals surface area contributed by atoms with Gasteiger partial charge >= 0.3 is 12.0 Å². The molecule has 8 heteroatoms. The van der Waals surface area contributed by atoms with E-state index >= 15 is 0 Å². The van der Waals surface area contributed by atoms with E-state index in [4.69, 9.17) is 4.74 Å². The van der Waals surface area contributed by atoms with E-state index in [2.05, 4.69) is 10.6 Å². The molecule has 1 atom stereocenters. The molecule has 0 saturated carbocycles. The Morgan fingerprint density at radius 2 is 1.77 bits per heavy atom. The van der Waals surface area contributed by atoms with E-state index in [0.29, 0.717) is 18.7 Å². The number of nitrogens with one attached hydrogen (secondary N) is 2. The zero-order valence-electron chi connectivity index (χ0n) is 16.6. The van der Waals surface area contributed by atoms with Crippen LogP contribution in [-0.2, 0) is 20.9 Å². The van der Waals surface area contributed by atoms with Crippen LogP contribution in [0.25, 0.3) is 0 Å². The smallest absolute Gasteiger partial charge is 0.338 e. The number of hydrogen-bond acceptors (Lipinski definition) is 5. The van der Waals surface area contributed by atoms with E-state index in [1.807, 2.05) is 0 Å². The van der Waals surface area contributed by atoms with Gasteiger partial charge in [0.2, 0.25) is 5.91 Å². The van der Waals surface area contributed by atoms with Crippen molar-refractivity contribution in [1.82, 2.24) is 10.2 Å². The second-order valence-electron chi connectivity index (χ2n) is 6.97. The van der Waals surface area contributed by atoms with E-state index in [1.165, 1.54) is 6.92 Å². The summed E-state index contributed by atoms with van der Waals surface area (Å²) in [5.41, 5.74) is 1.72. The summed E-state index contributed by atoms with van der Waals surface area (Å²) in [6.45, 7) is 2.63. The van der Waals surface area contributed by atoms with Gasteiger partial charge in [-0.3, -0.25) is 14.9 Å². The van der Waals surface area contributed by atoms with Gasteiger partial charge in [0.05, 0.1) is 5.56 Å². The first-order chi connectivity index (χ1) is 14.4. The number of amides is 4. The van der Waals surface area contributed by atoms with Crippen molar-refractivity contribution in [2.75, 3.05) is 11.9 Å². The van der Waals surface area contributed by atoms with Gasteiger partial charge in [0, 0.05) is 25.2 Å². The molecule has 2 N–H and O–H groups in total. The topological polar surface area (TPSA) is 105 Å². The van der Waals surface area contributed by atoms with Gasteiger partial charge in [-0.15, -0.1) is 0 Å². The molecule has 1 aliphatic rings. The highest BCUT2D eigenvalue weighted by molar-refractivity contribution is 6.03. The highest BCUT2D eigenvalue weighted by atomic mass is 16.5. The second kappa shape index (κ2) is 9.69. The Bertz CT molecular complexity index is 928. The number of rotatable bonds is 6. The Balaban J connectivity index is 1.48. The Morgan fingerprint density at radius 3 is 2.40 bits per heavy atom. The third-order valence-electron chi connectivity index (χ3n) is 4.66. The number of imide groups is 1. The molecule has 2 aromatic rings. The fraction of sp³-hybridized carbons (Fsp3) is 0.273. The van der Waals surface area contributed by atoms with E-state index in [0.717, 1.165) is 18.5 Å². The first kappa shape index (κ1) is 21.0. The first-order valence-corrected chi connectivity index (χ1v) is 9.67. The minimum absolute atomic E-state index is 0.134. The number of ether oxygens (including phenoxy) is 1. The molecule has 0 spiro atoms. The molecule has 3 rings (SSSR count). The molecular formula is C22H23N3O5. The molecule has 30 heavy (non-hydrogen) atoms. The van der Waals surface area contributed by atoms with E-state index in [1.54, 1.807) is 59.5 Å². The van der Waals surface area contributed by atoms with Crippen LogP contribution in [0, 0.1) is 0 Å². The van der Waals surface area contributed by atoms with Gasteiger partial charge in [0.1, 0.15) is 0 Å². The maximum atomic E-state index is 12.3. The number of benzene rings is 2. The summed E-state index contributed by atoms with van der Waals surface area (Å²) in [4.78, 5) is 49.7. The van der Waals surface area contributed by atoms with Gasteiger partial charge in [-0.1, -0.05) is 30.3 Å². The minimum Gasteiger partial charge on any atom is -0.449 e. The number of carbonyl (C=O) groups is 4. The number of likely N-dealkylation sites (tertiary alicyclic amines) is 1. The predicted molar refractivity (Wildman–Crippen MR) is 110 cm³/mol. The van der Waals surface area contributed by atoms with Crippen molar-refractivity contribution >= 4 is 29.5 Å². The van der Waals surface area contributed by atoms with Crippen LogP contribution in [0.2, 0.25) is 0 Å². The van der Waals surface area contributed by atoms with Crippen molar-refractivity contribution in [2.24, 2.45) is 0 Å². The van der Waals surface area contributed by atoms with Crippen molar-refractivity contribution in [3.63, 3.8) is 0 Å². The van der Waals surface area contributed by atoms with Crippen LogP contribution in [0.1, 0.15) is 35.7 Å². The molecular weight excluding hydrogens is 386 g/mol. The van der Waals surface area contributed by atoms with Crippen LogP contribution < -0.4 is 10.6 Å². The van der Waals surface area contributed by atoms with Gasteiger partial charge in [-0.25, -0.2) is 9.59 Å². The highest BCUT2D eigenvalue weighted by Gasteiger charge is 2.22. The molecule has 1 unspecified atom stereocenters. The Morgan fingerprint density at radius 1 is 1.07 bits per heavy atom. The summed E-state index contributed by atoms with van der Waals surface area (Å²) in [7, 11) is 0. The van der Waals surface area contributed by atoms with Crippen LogP contribution in [0.3, 0.4) is 0 Å². The maximum Gasteiger partial charge on any atom is 0.338 e. The normalized spacial score (nSPS) is 14.2. The maximum absolute atomic E-state index is 12.3. The Hall–Kier alpha value is -3.68. The summed E-state index contributed by atoms with van der Waals surface area (Å²) >= 11 is 0. The van der Waals surface area contributed by atoms with Crippen molar-refractivity contribution in [2.45, 2.75) is 32.4 Å². The molecule has 0 radical (unpaired) electrons. The minimum atomic E-state index is -1.15. The number of esters is 1. The molecule has 1 saturated heterocycles. The van der Waals surface area contributed by atoms with E-state index < -0.39 is 24.0 Å². The van der Waals surface area contributed by atoms with Crippen molar-refractivity contribution < 1.29 is 23.9 Å². The van der Waals surface area contributed by atoms with Crippen LogP contribution in [0.5, 0.6) is 0 Å². The number of nitrogens with zero attached hydrogens (tertiary/aromatic N) is 1. The fourth-order valence-electron chi connectivity index (χ4n) is 3.02. The lowest BCUT2D eigenvalue weighted by Crippen LogP contribution is -2.41. The molecule has 0 aromatic heterocycles. The van der Waals surface area contributed by atoms with Gasteiger partial charge in [0.15, 0.2) is 6.10 Å². The number of urea groups is 1. The molecule has 4 amide bonds. The van der Waals surface area contributed by atoms with Crippen LogP contribution >= 0.6 is 0 Å². The van der Waals surface area contributed by atoms with Crippen LogP contribution in [-0.4, -0.2) is 41.4 Å². The van der Waals surface area contributed by atoms with Crippen LogP contribution in [0.4, 0.5) is 10.5 Å². The Labute approximate surface area is 174 Å². The average Bonchev–Trinajstić information content (AvgIpc) is 3.13. The summed E-state index contributed by atoms with van der Waals surface area (Å²) < 4.78 is 5.14. The fourth-order valence-corrected chi connectivity index (χ4v) is 3.02. The standard InChI is InChI=1S/C22H23N3O5/c1-15(20(27)24-22(29)23-18-6-3-2-4-7-18)30-21(28)17-11-9-16(10-12-17)14-25-13-5-8-19(25)26/h2-4,6-7,9-12,15H,5,8,13-14H2,1H3,(H2,23,24,27,29). The number of hydrogen-bond donors (Lipinski definition) is 2. The predicted octanol–water partition coefficient (Wildman–Crippen LogP) is 2.70. The third kappa shape index (κ3) is 5.66. The Kier molecular flexibility index (Phi) is 6.79. The summed E-state index contributed by atoms with van der Waals surface area (Å²) in [6, 6.07) is 14.6. The molecule has 2 aromatic carbocycles. The van der Waals surface area contributed by atoms with E-state index in [-0.39, 0.29) is 11.5 Å². The number of carbonyl (C=O) groups excluding carboxylic acids is 4. The molecule has 1 aliphatic heterocycles. The number of para-hydroxylation sites is 1. The van der Waals surface area contributed by atoms with Crippen LogP contribution in [0.15, 0.2) is 54.6 Å². The van der Waals surface area contributed by atoms with Gasteiger partial charge in [-0.2, -0.15) is 0 Å². The lowest BCUT2D eigenvalue weighted by molar-refractivity contribution is -0.128. The summed E-state index contributed by atoms with van der Waals surface area (Å²) in [5, 5.41) is 4.65. The molecule has 1 fully saturated rings. The molecule has 8 nitrogen and oxygen atoms in total. The first-order valence-electron chi connectivity index (χ1n) is 9.67. The third-order valence-corrected chi connectivity index (χ3v) is 4.66. The zero-order chi connectivity index (χ0) is 21.5. The van der Waals surface area contributed by atoms with Gasteiger partial charge < -0.3 is 15.0 Å². The molecule has 0 aliphatic carbocycles. The monoisotopic (exact) mass is 409 g/mol. The van der Waals surface area contributed by atoms with Gasteiger partial charge in [-0.05, 0) is 43.2 Å². The largest absolute Gasteiger partial charge is 0.449 e. The van der Waals surface area contributed by atoms with Crippen molar-refractivity contribution in [3.05, 3.63) is 65.7 Å². The number of anilines is 1. The molecule has 0 bridgehead atoms.